The van der Waals surface area contributed by atoms with Gasteiger partial charge in [-0.05, 0) is 25.1 Å². The molecule has 4 rings (SSSR count). The number of carbonyl (C=O) groups excluding carboxylic acids is 1. The van der Waals surface area contributed by atoms with E-state index in [0.717, 1.165) is 0 Å². The van der Waals surface area contributed by atoms with Crippen LogP contribution in [-0.4, -0.2) is 56.1 Å². The standard InChI is InChI=1S/C20H23N6O7P/c1-12(19(27)30-2)25-34(29,32-13-6-4-3-5-7-13)33-20(28)14-8-9-15(31-14)26-11-24-16-17(21)22-10-23-18(16)26/h3-12,14-15,20,28H,1-2H3,(H,25,29)(H2,21,22,23)/t12?,14-,15+,20?,34?/m0/s1. The molecule has 14 heteroatoms. The van der Waals surface area contributed by atoms with Crippen molar-refractivity contribution in [2.45, 2.75) is 31.6 Å². The molecule has 34 heavy (non-hydrogen) atoms. The molecule has 1 aliphatic rings. The summed E-state index contributed by atoms with van der Waals surface area (Å²) >= 11 is 0. The second kappa shape index (κ2) is 9.87. The molecule has 2 aromatic heterocycles. The summed E-state index contributed by atoms with van der Waals surface area (Å²) in [5.74, 6) is -0.277. The second-order valence-electron chi connectivity index (χ2n) is 7.23. The van der Waals surface area contributed by atoms with Crippen molar-refractivity contribution in [1.82, 2.24) is 24.6 Å². The third-order valence-electron chi connectivity index (χ3n) is 4.83. The summed E-state index contributed by atoms with van der Waals surface area (Å²) in [6, 6.07) is 7.12. The monoisotopic (exact) mass is 490 g/mol. The van der Waals surface area contributed by atoms with Crippen LogP contribution in [0, 0.1) is 0 Å². The van der Waals surface area contributed by atoms with E-state index in [0.29, 0.717) is 11.2 Å². The quantitative estimate of drug-likeness (QED) is 0.171. The molecule has 0 radical (unpaired) electrons. The van der Waals surface area contributed by atoms with E-state index in [1.165, 1.54) is 32.8 Å². The predicted octanol–water partition coefficient (Wildman–Crippen LogP) is 1.54. The number of nitrogen functional groups attached to an aromatic ring is 1. The second-order valence-corrected chi connectivity index (χ2v) is 8.88. The Bertz CT molecular complexity index is 1240. The fourth-order valence-corrected chi connectivity index (χ4v) is 4.74. The molecule has 0 saturated carbocycles. The summed E-state index contributed by atoms with van der Waals surface area (Å²) in [5, 5.41) is 13.1. The summed E-state index contributed by atoms with van der Waals surface area (Å²) in [7, 11) is -3.08. The van der Waals surface area contributed by atoms with Crippen molar-refractivity contribution in [3.05, 3.63) is 55.1 Å². The van der Waals surface area contributed by atoms with E-state index >= 15 is 0 Å². The van der Waals surface area contributed by atoms with Gasteiger partial charge < -0.3 is 24.8 Å². The summed E-state index contributed by atoms with van der Waals surface area (Å²) in [6.07, 6.45) is 2.51. The van der Waals surface area contributed by atoms with Crippen molar-refractivity contribution in [3.63, 3.8) is 0 Å². The van der Waals surface area contributed by atoms with E-state index in [1.54, 1.807) is 41.0 Å². The number of nitrogens with one attached hydrogen (secondary N) is 1. The van der Waals surface area contributed by atoms with Crippen LogP contribution < -0.4 is 15.3 Å². The van der Waals surface area contributed by atoms with Crippen LogP contribution in [-0.2, 0) is 23.4 Å². The zero-order chi connectivity index (χ0) is 24.3. The number of imidazole rings is 1. The Morgan fingerprint density at radius 1 is 1.26 bits per heavy atom. The first-order valence-electron chi connectivity index (χ1n) is 10.1. The van der Waals surface area contributed by atoms with E-state index in [9.17, 15) is 14.5 Å². The number of hydrogen-bond donors (Lipinski definition) is 3. The van der Waals surface area contributed by atoms with Gasteiger partial charge in [0.15, 0.2) is 24.0 Å². The van der Waals surface area contributed by atoms with Gasteiger partial charge in [0.2, 0.25) is 0 Å². The van der Waals surface area contributed by atoms with Gasteiger partial charge in [0.25, 0.3) is 0 Å². The van der Waals surface area contributed by atoms with Gasteiger partial charge in [0, 0.05) is 0 Å². The Labute approximate surface area is 194 Å². The van der Waals surface area contributed by atoms with Crippen molar-refractivity contribution >= 4 is 30.7 Å². The third-order valence-corrected chi connectivity index (χ3v) is 6.47. The van der Waals surface area contributed by atoms with Crippen LogP contribution in [0.1, 0.15) is 13.2 Å². The average Bonchev–Trinajstić information content (AvgIpc) is 3.47. The SMILES string of the molecule is COC(=O)C(C)NP(=O)(Oc1ccccc1)OC(O)[C@@H]1C=C[C@H](n2cnc3c(N)ncnc32)O1. The number of fused-ring (bicyclic) bond motifs is 1. The maximum atomic E-state index is 13.5. The lowest BCUT2D eigenvalue weighted by molar-refractivity contribution is -0.143. The summed E-state index contributed by atoms with van der Waals surface area (Å²) in [6.45, 7) is 1.42. The zero-order valence-electron chi connectivity index (χ0n) is 18.2. The Morgan fingerprint density at radius 3 is 2.76 bits per heavy atom. The Kier molecular flexibility index (Phi) is 6.91. The van der Waals surface area contributed by atoms with Gasteiger partial charge in [0.1, 0.15) is 29.7 Å². The molecular weight excluding hydrogens is 467 g/mol. The average molecular weight is 490 g/mol. The van der Waals surface area contributed by atoms with Crippen LogP contribution in [0.5, 0.6) is 5.75 Å². The number of benzene rings is 1. The summed E-state index contributed by atoms with van der Waals surface area (Å²) < 4.78 is 36.4. The van der Waals surface area contributed by atoms with Crippen molar-refractivity contribution in [2.24, 2.45) is 0 Å². The number of rotatable bonds is 9. The lowest BCUT2D eigenvalue weighted by Gasteiger charge is -2.27. The van der Waals surface area contributed by atoms with Gasteiger partial charge in [-0.2, -0.15) is 5.09 Å². The molecule has 0 amide bonds. The number of hydrogen-bond acceptors (Lipinski definition) is 11. The number of aliphatic hydroxyl groups excluding tert-OH is 1. The van der Waals surface area contributed by atoms with Gasteiger partial charge in [-0.15, -0.1) is 0 Å². The molecule has 0 saturated heterocycles. The molecule has 3 heterocycles. The summed E-state index contributed by atoms with van der Waals surface area (Å²) in [5.41, 5.74) is 6.66. The van der Waals surface area contributed by atoms with Crippen LogP contribution in [0.15, 0.2) is 55.1 Å². The lowest BCUT2D eigenvalue weighted by atomic mass is 10.3. The number of nitrogens with zero attached hydrogens (tertiary/aromatic N) is 4. The molecular formula is C20H23N6O7P. The van der Waals surface area contributed by atoms with E-state index in [4.69, 9.17) is 19.5 Å². The van der Waals surface area contributed by atoms with Crippen LogP contribution in [0.4, 0.5) is 5.82 Å². The highest BCUT2D eigenvalue weighted by atomic mass is 31.2. The maximum Gasteiger partial charge on any atom is 0.461 e. The molecule has 1 aromatic carbocycles. The van der Waals surface area contributed by atoms with Gasteiger partial charge >= 0.3 is 13.7 Å². The first-order chi connectivity index (χ1) is 16.3. The van der Waals surface area contributed by atoms with Crippen LogP contribution >= 0.6 is 7.75 Å². The van der Waals surface area contributed by atoms with Crippen molar-refractivity contribution in [2.75, 3.05) is 12.8 Å². The van der Waals surface area contributed by atoms with E-state index in [1.807, 2.05) is 0 Å². The lowest BCUT2D eigenvalue weighted by Crippen LogP contribution is -2.37. The minimum Gasteiger partial charge on any atom is -0.468 e. The molecule has 13 nitrogen and oxygen atoms in total. The molecule has 0 fully saturated rings. The van der Waals surface area contributed by atoms with Gasteiger partial charge in [0.05, 0.1) is 13.4 Å². The highest BCUT2D eigenvalue weighted by Crippen LogP contribution is 2.47. The Hall–Kier alpha value is -3.35. The molecule has 0 spiro atoms. The molecule has 3 unspecified atom stereocenters. The maximum absolute atomic E-state index is 13.5. The van der Waals surface area contributed by atoms with Gasteiger partial charge in [-0.25, -0.2) is 19.5 Å². The number of aliphatic hydroxyl groups is 1. The highest BCUT2D eigenvalue weighted by molar-refractivity contribution is 7.52. The van der Waals surface area contributed by atoms with E-state index < -0.39 is 38.4 Å². The number of nitrogens with two attached hydrogens (primary N) is 1. The molecule has 180 valence electrons. The molecule has 1 aliphatic heterocycles. The van der Waals surface area contributed by atoms with Crippen LogP contribution in [0.2, 0.25) is 0 Å². The van der Waals surface area contributed by atoms with E-state index in [2.05, 4.69) is 24.8 Å². The number of anilines is 1. The predicted molar refractivity (Wildman–Crippen MR) is 119 cm³/mol. The van der Waals surface area contributed by atoms with Gasteiger partial charge in [-0.3, -0.25) is 13.9 Å². The molecule has 0 bridgehead atoms. The third kappa shape index (κ3) is 5.08. The number of ether oxygens (including phenoxy) is 2. The highest BCUT2D eigenvalue weighted by Gasteiger charge is 2.38. The Balaban J connectivity index is 1.49. The largest absolute Gasteiger partial charge is 0.468 e. The first kappa shape index (κ1) is 23.8. The van der Waals surface area contributed by atoms with Gasteiger partial charge in [-0.1, -0.05) is 24.3 Å². The fraction of sp³-hybridized carbons (Fsp3) is 0.300. The van der Waals surface area contributed by atoms with Crippen molar-refractivity contribution in [3.8, 4) is 5.75 Å². The minimum atomic E-state index is -4.27. The fourth-order valence-electron chi connectivity index (χ4n) is 3.20. The Morgan fingerprint density at radius 2 is 2.03 bits per heavy atom. The molecule has 4 N–H and O–H groups in total. The summed E-state index contributed by atoms with van der Waals surface area (Å²) in [4.78, 5) is 24.1. The first-order valence-corrected chi connectivity index (χ1v) is 11.7. The normalized spacial score (nSPS) is 21.1. The van der Waals surface area contributed by atoms with E-state index in [-0.39, 0.29) is 11.6 Å². The smallest absolute Gasteiger partial charge is 0.461 e. The van der Waals surface area contributed by atoms with Crippen molar-refractivity contribution < 1.29 is 33.0 Å². The number of para-hydroxylation sites is 1. The zero-order valence-corrected chi connectivity index (χ0v) is 19.1. The molecule has 3 aromatic rings. The number of esters is 1. The number of aromatic nitrogens is 4. The molecule has 0 aliphatic carbocycles. The number of carbonyl (C=O) groups is 1. The van der Waals surface area contributed by atoms with Crippen LogP contribution in [0.3, 0.4) is 0 Å². The number of methoxy groups -OCH3 is 1. The molecule has 5 atom stereocenters. The minimum absolute atomic E-state index is 0.200. The van der Waals surface area contributed by atoms with Crippen molar-refractivity contribution in [1.29, 1.82) is 0 Å². The topological polar surface area (TPSA) is 173 Å². The van der Waals surface area contributed by atoms with Crippen LogP contribution in [0.25, 0.3) is 11.2 Å².